The maximum absolute atomic E-state index is 12.9. The highest BCUT2D eigenvalue weighted by Gasteiger charge is 2.39. The molecular formula is C21H17NO6. The Hall–Kier alpha value is -3.74. The molecule has 0 fully saturated rings. The highest BCUT2D eigenvalue weighted by atomic mass is 16.5. The molecule has 0 radical (unpaired) electrons. The maximum Gasteiger partial charge on any atom is 0.344 e. The van der Waals surface area contributed by atoms with Crippen molar-refractivity contribution in [2.45, 2.75) is 12.8 Å². The van der Waals surface area contributed by atoms with E-state index < -0.39 is 17.5 Å². The van der Waals surface area contributed by atoms with Gasteiger partial charge in [0.05, 0.1) is 23.5 Å². The van der Waals surface area contributed by atoms with Crippen LogP contribution in [-0.4, -0.2) is 17.7 Å². The molecule has 7 heteroatoms. The molecule has 7 nitrogen and oxygen atoms in total. The Bertz CT molecular complexity index is 1180. The molecule has 1 atom stereocenters. The summed E-state index contributed by atoms with van der Waals surface area (Å²) in [6.45, 7) is 1.79. The number of para-hydroxylation sites is 1. The SMILES string of the molecule is CCOC(=O)C1=C(N)Oc2c(c(=O)oc3ccccc23)C1c1cccc(O)c1. The Morgan fingerprint density at radius 3 is 2.75 bits per heavy atom. The highest BCUT2D eigenvalue weighted by Crippen LogP contribution is 2.44. The van der Waals surface area contributed by atoms with Gasteiger partial charge in [0.25, 0.3) is 0 Å². The Morgan fingerprint density at radius 1 is 1.21 bits per heavy atom. The third-order valence-corrected chi connectivity index (χ3v) is 4.55. The summed E-state index contributed by atoms with van der Waals surface area (Å²) in [5.74, 6) is -1.56. The van der Waals surface area contributed by atoms with E-state index in [2.05, 4.69) is 0 Å². The molecule has 2 heterocycles. The number of esters is 1. The van der Waals surface area contributed by atoms with Crippen molar-refractivity contribution in [3.63, 3.8) is 0 Å². The first-order valence-corrected chi connectivity index (χ1v) is 8.70. The summed E-state index contributed by atoms with van der Waals surface area (Å²) in [5, 5.41) is 10.5. The summed E-state index contributed by atoms with van der Waals surface area (Å²) < 4.78 is 16.3. The molecule has 1 aliphatic rings. The summed E-state index contributed by atoms with van der Waals surface area (Å²) in [6, 6.07) is 13.1. The van der Waals surface area contributed by atoms with Crippen molar-refractivity contribution >= 4 is 16.9 Å². The fourth-order valence-electron chi connectivity index (χ4n) is 3.41. The normalized spacial score (nSPS) is 15.8. The van der Waals surface area contributed by atoms with Crippen molar-refractivity contribution in [1.82, 2.24) is 0 Å². The van der Waals surface area contributed by atoms with Gasteiger partial charge in [0.2, 0.25) is 5.88 Å². The molecule has 0 amide bonds. The average Bonchev–Trinajstić information content (AvgIpc) is 2.67. The molecule has 4 rings (SSSR count). The summed E-state index contributed by atoms with van der Waals surface area (Å²) in [5.41, 5.74) is 6.38. The molecule has 142 valence electrons. The standard InChI is InChI=1S/C21H17NO6/c1-2-26-20(24)17-15(11-6-5-7-12(23)10-11)16-18(28-19(17)22)13-8-3-4-9-14(13)27-21(16)25/h3-10,15,23H,2,22H2,1H3. The van der Waals surface area contributed by atoms with Gasteiger partial charge in [-0.2, -0.15) is 0 Å². The molecule has 0 aliphatic carbocycles. The number of rotatable bonds is 3. The molecule has 1 aliphatic heterocycles. The molecule has 3 aromatic rings. The van der Waals surface area contributed by atoms with Gasteiger partial charge in [0, 0.05) is 0 Å². The topological polar surface area (TPSA) is 112 Å². The smallest absolute Gasteiger partial charge is 0.344 e. The van der Waals surface area contributed by atoms with E-state index >= 15 is 0 Å². The van der Waals surface area contributed by atoms with Gasteiger partial charge in [-0.1, -0.05) is 24.3 Å². The number of hydrogen-bond acceptors (Lipinski definition) is 7. The van der Waals surface area contributed by atoms with Gasteiger partial charge in [0.15, 0.2) is 5.75 Å². The molecule has 28 heavy (non-hydrogen) atoms. The third-order valence-electron chi connectivity index (χ3n) is 4.55. The lowest BCUT2D eigenvalue weighted by Gasteiger charge is -2.28. The van der Waals surface area contributed by atoms with E-state index in [0.29, 0.717) is 16.5 Å². The number of fused-ring (bicyclic) bond motifs is 3. The van der Waals surface area contributed by atoms with Crippen LogP contribution in [0.3, 0.4) is 0 Å². The molecule has 0 saturated heterocycles. The average molecular weight is 379 g/mol. The van der Waals surface area contributed by atoms with Gasteiger partial charge in [-0.3, -0.25) is 0 Å². The molecule has 2 aromatic carbocycles. The Morgan fingerprint density at radius 2 is 2.00 bits per heavy atom. The largest absolute Gasteiger partial charge is 0.508 e. The van der Waals surface area contributed by atoms with Crippen LogP contribution < -0.4 is 16.1 Å². The quantitative estimate of drug-likeness (QED) is 0.531. The number of carbonyl (C=O) groups excluding carboxylic acids is 1. The Labute approximate surface area is 159 Å². The van der Waals surface area contributed by atoms with Gasteiger partial charge in [0.1, 0.15) is 16.9 Å². The summed E-state index contributed by atoms with van der Waals surface area (Å²) in [6.07, 6.45) is 0. The third kappa shape index (κ3) is 2.77. The van der Waals surface area contributed by atoms with Gasteiger partial charge >= 0.3 is 11.6 Å². The minimum atomic E-state index is -0.907. The van der Waals surface area contributed by atoms with Crippen LogP contribution in [0.1, 0.15) is 24.0 Å². The van der Waals surface area contributed by atoms with Crippen molar-refractivity contribution in [2.24, 2.45) is 5.73 Å². The van der Waals surface area contributed by atoms with Crippen LogP contribution in [0.25, 0.3) is 11.0 Å². The van der Waals surface area contributed by atoms with Gasteiger partial charge in [-0.05, 0) is 36.8 Å². The van der Waals surface area contributed by atoms with Gasteiger partial charge in [-0.25, -0.2) is 9.59 Å². The number of phenolic OH excluding ortho intramolecular Hbond substituents is 1. The first-order valence-electron chi connectivity index (χ1n) is 8.70. The van der Waals surface area contributed by atoms with E-state index in [1.807, 2.05) is 0 Å². The van der Waals surface area contributed by atoms with E-state index in [9.17, 15) is 14.7 Å². The van der Waals surface area contributed by atoms with E-state index in [0.717, 1.165) is 0 Å². The van der Waals surface area contributed by atoms with Crippen LogP contribution in [0.2, 0.25) is 0 Å². The van der Waals surface area contributed by atoms with Crippen molar-refractivity contribution in [1.29, 1.82) is 0 Å². The van der Waals surface area contributed by atoms with E-state index in [-0.39, 0.29) is 35.1 Å². The van der Waals surface area contributed by atoms with Crippen molar-refractivity contribution in [3.8, 4) is 11.5 Å². The van der Waals surface area contributed by atoms with Crippen LogP contribution in [-0.2, 0) is 9.53 Å². The molecule has 0 spiro atoms. The zero-order chi connectivity index (χ0) is 19.8. The highest BCUT2D eigenvalue weighted by molar-refractivity contribution is 5.94. The zero-order valence-electron chi connectivity index (χ0n) is 15.0. The molecule has 0 saturated carbocycles. The van der Waals surface area contributed by atoms with Crippen LogP contribution in [0.4, 0.5) is 0 Å². The van der Waals surface area contributed by atoms with Gasteiger partial charge in [-0.15, -0.1) is 0 Å². The van der Waals surface area contributed by atoms with Crippen LogP contribution in [0, 0.1) is 0 Å². The zero-order valence-corrected chi connectivity index (χ0v) is 15.0. The predicted octanol–water partition coefficient (Wildman–Crippen LogP) is 2.76. The fraction of sp³-hybridized carbons (Fsp3) is 0.143. The lowest BCUT2D eigenvalue weighted by Crippen LogP contribution is -2.31. The minimum Gasteiger partial charge on any atom is -0.508 e. The van der Waals surface area contributed by atoms with E-state index in [1.54, 1.807) is 43.3 Å². The first-order chi connectivity index (χ1) is 13.5. The lowest BCUT2D eigenvalue weighted by atomic mass is 9.83. The Kier molecular flexibility index (Phi) is 4.27. The van der Waals surface area contributed by atoms with E-state index in [4.69, 9.17) is 19.6 Å². The second-order valence-electron chi connectivity index (χ2n) is 6.26. The van der Waals surface area contributed by atoms with Crippen molar-refractivity contribution in [2.75, 3.05) is 6.61 Å². The number of ether oxygens (including phenoxy) is 2. The van der Waals surface area contributed by atoms with Crippen LogP contribution >= 0.6 is 0 Å². The summed E-state index contributed by atoms with van der Waals surface area (Å²) in [7, 11) is 0. The number of aromatic hydroxyl groups is 1. The second-order valence-corrected chi connectivity index (χ2v) is 6.26. The van der Waals surface area contributed by atoms with Crippen molar-refractivity contribution in [3.05, 3.63) is 81.5 Å². The summed E-state index contributed by atoms with van der Waals surface area (Å²) >= 11 is 0. The maximum atomic E-state index is 12.9. The summed E-state index contributed by atoms with van der Waals surface area (Å²) in [4.78, 5) is 25.5. The molecule has 0 bridgehead atoms. The van der Waals surface area contributed by atoms with Crippen molar-refractivity contribution < 1.29 is 23.8 Å². The lowest BCUT2D eigenvalue weighted by molar-refractivity contribution is -0.139. The van der Waals surface area contributed by atoms with E-state index in [1.165, 1.54) is 12.1 Å². The monoisotopic (exact) mass is 379 g/mol. The molecule has 1 unspecified atom stereocenters. The van der Waals surface area contributed by atoms with Gasteiger partial charge < -0.3 is 24.7 Å². The van der Waals surface area contributed by atoms with Crippen LogP contribution in [0.5, 0.6) is 11.5 Å². The Balaban J connectivity index is 2.05. The molecular weight excluding hydrogens is 362 g/mol. The molecule has 1 aromatic heterocycles. The fourth-order valence-corrected chi connectivity index (χ4v) is 3.41. The number of benzene rings is 2. The number of hydrogen-bond donors (Lipinski definition) is 2. The molecule has 3 N–H and O–H groups in total. The first kappa shape index (κ1) is 17.7. The minimum absolute atomic E-state index is 0.0115. The van der Waals surface area contributed by atoms with Crippen LogP contribution in [0.15, 0.2) is 69.2 Å². The second kappa shape index (κ2) is 6.77. The number of nitrogens with two attached hydrogens (primary N) is 1. The number of phenols is 1. The number of carbonyl (C=O) groups is 1. The predicted molar refractivity (Wildman–Crippen MR) is 101 cm³/mol.